The fraction of sp³-hybridized carbons (Fsp3) is 0.375. The van der Waals surface area contributed by atoms with Gasteiger partial charge in [0.2, 0.25) is 5.91 Å². The van der Waals surface area contributed by atoms with Gasteiger partial charge in [0.25, 0.3) is 5.91 Å². The summed E-state index contributed by atoms with van der Waals surface area (Å²) in [5.74, 6) is -1.29. The van der Waals surface area contributed by atoms with Crippen LogP contribution in [0.5, 0.6) is 0 Å². The van der Waals surface area contributed by atoms with E-state index in [4.69, 9.17) is 11.6 Å². The molecule has 3 rings (SSSR count). The summed E-state index contributed by atoms with van der Waals surface area (Å²) in [6, 6.07) is 11.2. The molecule has 2 aromatic rings. The quantitative estimate of drug-likeness (QED) is 0.612. The zero-order valence-electron chi connectivity index (χ0n) is 18.9. The number of anilines is 2. The Morgan fingerprint density at radius 3 is 2.15 bits per heavy atom. The van der Waals surface area contributed by atoms with Crippen molar-refractivity contribution >= 4 is 40.8 Å². The number of carboxylic acids is 1. The zero-order valence-corrected chi connectivity index (χ0v) is 19.6. The Labute approximate surface area is 198 Å². The summed E-state index contributed by atoms with van der Waals surface area (Å²) in [4.78, 5) is 42.7. The van der Waals surface area contributed by atoms with E-state index in [1.165, 1.54) is 12.1 Å². The van der Waals surface area contributed by atoms with Crippen molar-refractivity contribution in [2.75, 3.05) is 56.0 Å². The van der Waals surface area contributed by atoms with Crippen LogP contribution in [0.3, 0.4) is 0 Å². The number of nitrogens with zero attached hydrogens (tertiary/aromatic N) is 3. The number of carboxylic acid groups (broad SMARTS) is 1. The molecule has 2 amide bonds. The molecule has 0 aromatic heterocycles. The van der Waals surface area contributed by atoms with Crippen LogP contribution >= 0.6 is 11.6 Å². The van der Waals surface area contributed by atoms with Gasteiger partial charge in [0.1, 0.15) is 0 Å². The van der Waals surface area contributed by atoms with E-state index in [1.807, 2.05) is 18.7 Å². The largest absolute Gasteiger partial charge is 0.478 e. The second kappa shape index (κ2) is 11.2. The molecule has 8 nitrogen and oxygen atoms in total. The third-order valence-corrected chi connectivity index (χ3v) is 6.04. The number of aromatic carboxylic acids is 1. The third-order valence-electron chi connectivity index (χ3n) is 5.79. The minimum atomic E-state index is -1.07. The summed E-state index contributed by atoms with van der Waals surface area (Å²) >= 11 is 5.90. The van der Waals surface area contributed by atoms with Gasteiger partial charge in [-0.15, -0.1) is 0 Å². The lowest BCUT2D eigenvalue weighted by atomic mass is 10.1. The molecular formula is C24H29ClN4O4. The van der Waals surface area contributed by atoms with E-state index >= 15 is 0 Å². The molecule has 9 heteroatoms. The molecule has 0 bridgehead atoms. The Morgan fingerprint density at radius 2 is 1.58 bits per heavy atom. The zero-order chi connectivity index (χ0) is 24.0. The normalized spacial score (nSPS) is 14.1. The van der Waals surface area contributed by atoms with Crippen molar-refractivity contribution in [3.8, 4) is 0 Å². The lowest BCUT2D eigenvalue weighted by molar-refractivity contribution is -0.132. The molecule has 2 aromatic carbocycles. The number of likely N-dealkylation sites (N-methyl/N-ethyl adjacent to an activating group) is 1. The number of carbonyl (C=O) groups is 3. The predicted molar refractivity (Wildman–Crippen MR) is 129 cm³/mol. The van der Waals surface area contributed by atoms with E-state index in [0.29, 0.717) is 62.1 Å². The summed E-state index contributed by atoms with van der Waals surface area (Å²) in [5.41, 5.74) is 1.69. The van der Waals surface area contributed by atoms with Crippen molar-refractivity contribution in [3.63, 3.8) is 0 Å². The van der Waals surface area contributed by atoms with Gasteiger partial charge in [-0.1, -0.05) is 11.6 Å². The molecule has 176 valence electrons. The van der Waals surface area contributed by atoms with E-state index in [0.717, 1.165) is 5.69 Å². The maximum atomic E-state index is 12.8. The molecule has 1 fully saturated rings. The molecule has 0 atom stereocenters. The van der Waals surface area contributed by atoms with Gasteiger partial charge in [-0.25, -0.2) is 4.79 Å². The first-order chi connectivity index (χ1) is 15.8. The maximum Gasteiger partial charge on any atom is 0.335 e. The highest BCUT2D eigenvalue weighted by Gasteiger charge is 2.23. The molecule has 2 N–H and O–H groups in total. The summed E-state index contributed by atoms with van der Waals surface area (Å²) in [6.45, 7) is 8.41. The molecule has 0 saturated carbocycles. The van der Waals surface area contributed by atoms with Crippen LogP contribution in [0.4, 0.5) is 11.4 Å². The molecule has 0 unspecified atom stereocenters. The predicted octanol–water partition coefficient (Wildman–Crippen LogP) is 3.28. The van der Waals surface area contributed by atoms with Crippen molar-refractivity contribution < 1.29 is 19.5 Å². The Morgan fingerprint density at radius 1 is 0.970 bits per heavy atom. The van der Waals surface area contributed by atoms with E-state index in [1.54, 1.807) is 30.3 Å². The van der Waals surface area contributed by atoms with Crippen LogP contribution in [0.2, 0.25) is 5.02 Å². The smallest absolute Gasteiger partial charge is 0.335 e. The molecule has 1 heterocycles. The lowest BCUT2D eigenvalue weighted by Crippen LogP contribution is -2.50. The van der Waals surface area contributed by atoms with Gasteiger partial charge in [-0.2, -0.15) is 0 Å². The Hall–Kier alpha value is -3.10. The van der Waals surface area contributed by atoms with Crippen molar-refractivity contribution in [2.24, 2.45) is 0 Å². The minimum absolute atomic E-state index is 0.0913. The molecule has 1 aliphatic heterocycles. The SMILES string of the molecule is CCN(CC)C(=O)CN1CCN(c2ccc(C(=O)O)cc2NC(=O)c2ccc(Cl)cc2)CC1. The van der Waals surface area contributed by atoms with Crippen LogP contribution in [0, 0.1) is 0 Å². The summed E-state index contributed by atoms with van der Waals surface area (Å²) in [5, 5.41) is 12.8. The number of rotatable bonds is 8. The highest BCUT2D eigenvalue weighted by molar-refractivity contribution is 6.30. The average molecular weight is 473 g/mol. The van der Waals surface area contributed by atoms with Gasteiger partial charge in [0, 0.05) is 49.9 Å². The third kappa shape index (κ3) is 6.24. The van der Waals surface area contributed by atoms with E-state index in [9.17, 15) is 19.5 Å². The van der Waals surface area contributed by atoms with E-state index in [2.05, 4.69) is 15.1 Å². The molecule has 33 heavy (non-hydrogen) atoms. The number of hydrogen-bond acceptors (Lipinski definition) is 5. The molecule has 0 radical (unpaired) electrons. The van der Waals surface area contributed by atoms with Gasteiger partial charge >= 0.3 is 5.97 Å². The van der Waals surface area contributed by atoms with Crippen molar-refractivity contribution in [2.45, 2.75) is 13.8 Å². The van der Waals surface area contributed by atoms with Crippen LogP contribution in [0.25, 0.3) is 0 Å². The standard InChI is InChI=1S/C24H29ClN4O4/c1-3-28(4-2)22(30)16-27-11-13-29(14-12-27)21-10-7-18(24(32)33)15-20(21)26-23(31)17-5-8-19(25)9-6-17/h5-10,15H,3-4,11-14,16H2,1-2H3,(H,26,31)(H,32,33). The highest BCUT2D eigenvalue weighted by atomic mass is 35.5. The molecule has 0 spiro atoms. The number of benzene rings is 2. The number of halogens is 1. The number of carbonyl (C=O) groups excluding carboxylic acids is 2. The topological polar surface area (TPSA) is 93.2 Å². The first-order valence-electron chi connectivity index (χ1n) is 11.0. The van der Waals surface area contributed by atoms with Gasteiger partial charge < -0.3 is 20.2 Å². The van der Waals surface area contributed by atoms with Gasteiger partial charge in [0.15, 0.2) is 0 Å². The highest BCUT2D eigenvalue weighted by Crippen LogP contribution is 2.29. The molecular weight excluding hydrogens is 444 g/mol. The van der Waals surface area contributed by atoms with E-state index < -0.39 is 5.97 Å². The monoisotopic (exact) mass is 472 g/mol. The number of piperazine rings is 1. The number of nitrogens with one attached hydrogen (secondary N) is 1. The molecule has 0 aliphatic carbocycles. The van der Waals surface area contributed by atoms with Gasteiger partial charge in [-0.05, 0) is 56.3 Å². The van der Waals surface area contributed by atoms with E-state index in [-0.39, 0.29) is 17.4 Å². The van der Waals surface area contributed by atoms with Crippen molar-refractivity contribution in [1.82, 2.24) is 9.80 Å². The first-order valence-corrected chi connectivity index (χ1v) is 11.4. The van der Waals surface area contributed by atoms with Crippen LogP contribution < -0.4 is 10.2 Å². The second-order valence-corrected chi connectivity index (χ2v) is 8.26. The summed E-state index contributed by atoms with van der Waals surface area (Å²) in [6.07, 6.45) is 0. The fourth-order valence-electron chi connectivity index (χ4n) is 3.86. The van der Waals surface area contributed by atoms with Crippen LogP contribution in [-0.2, 0) is 4.79 Å². The van der Waals surface area contributed by atoms with Crippen LogP contribution in [0.15, 0.2) is 42.5 Å². The van der Waals surface area contributed by atoms with Crippen molar-refractivity contribution in [3.05, 3.63) is 58.6 Å². The van der Waals surface area contributed by atoms with Crippen LogP contribution in [0.1, 0.15) is 34.6 Å². The molecule has 1 saturated heterocycles. The number of hydrogen-bond donors (Lipinski definition) is 2. The van der Waals surface area contributed by atoms with Crippen molar-refractivity contribution in [1.29, 1.82) is 0 Å². The number of amides is 2. The Kier molecular flexibility index (Phi) is 8.30. The second-order valence-electron chi connectivity index (χ2n) is 7.83. The van der Waals surface area contributed by atoms with Gasteiger partial charge in [-0.3, -0.25) is 14.5 Å². The summed E-state index contributed by atoms with van der Waals surface area (Å²) < 4.78 is 0. The minimum Gasteiger partial charge on any atom is -0.478 e. The average Bonchev–Trinajstić information content (AvgIpc) is 2.81. The fourth-order valence-corrected chi connectivity index (χ4v) is 3.98. The van der Waals surface area contributed by atoms with Crippen LogP contribution in [-0.4, -0.2) is 78.5 Å². The summed E-state index contributed by atoms with van der Waals surface area (Å²) in [7, 11) is 0. The lowest BCUT2D eigenvalue weighted by Gasteiger charge is -2.37. The molecule has 1 aliphatic rings. The maximum absolute atomic E-state index is 12.8. The van der Waals surface area contributed by atoms with Gasteiger partial charge in [0.05, 0.1) is 23.5 Å². The first kappa shape index (κ1) is 24.5. The Balaban J connectivity index is 1.73. The Bertz CT molecular complexity index is 1000.